The van der Waals surface area contributed by atoms with Gasteiger partial charge >= 0.3 is 5.69 Å². The van der Waals surface area contributed by atoms with Gasteiger partial charge in [-0.05, 0) is 16.7 Å². The van der Waals surface area contributed by atoms with Gasteiger partial charge in [0.2, 0.25) is 5.52 Å². The first-order valence-electron chi connectivity index (χ1n) is 4.44. The molecule has 2 N–H and O–H groups in total. The number of non-ortho nitro benzene ring substituents is 1. The molecule has 0 bridgehead atoms. The van der Waals surface area contributed by atoms with E-state index >= 15 is 0 Å². The molecule has 0 radical (unpaired) electrons. The average molecular weight is 220 g/mol. The molecule has 0 fully saturated rings. The van der Waals surface area contributed by atoms with E-state index < -0.39 is 4.92 Å². The van der Waals surface area contributed by atoms with Crippen LogP contribution in [0.15, 0.2) is 23.4 Å². The SMILES string of the molecule is C=CCc1c(N)cc([N+](=O)[O-])c2nonc12. The Kier molecular flexibility index (Phi) is 2.28. The topological polar surface area (TPSA) is 108 Å². The monoisotopic (exact) mass is 220 g/mol. The summed E-state index contributed by atoms with van der Waals surface area (Å²) in [5.74, 6) is 0. The number of nitrogens with two attached hydrogens (primary N) is 1. The highest BCUT2D eigenvalue weighted by Gasteiger charge is 2.21. The van der Waals surface area contributed by atoms with E-state index in [0.717, 1.165) is 0 Å². The summed E-state index contributed by atoms with van der Waals surface area (Å²) in [6.07, 6.45) is 2.08. The van der Waals surface area contributed by atoms with Gasteiger partial charge in [-0.15, -0.1) is 6.58 Å². The summed E-state index contributed by atoms with van der Waals surface area (Å²) in [6.45, 7) is 3.58. The molecular weight excluding hydrogens is 212 g/mol. The molecule has 1 heterocycles. The van der Waals surface area contributed by atoms with Crippen LogP contribution in [0.4, 0.5) is 11.4 Å². The molecule has 0 aliphatic heterocycles. The number of nitro groups is 1. The fourth-order valence-corrected chi connectivity index (χ4v) is 1.49. The van der Waals surface area contributed by atoms with E-state index in [1.165, 1.54) is 6.07 Å². The maximum absolute atomic E-state index is 10.8. The molecule has 1 aromatic carbocycles. The molecule has 2 rings (SSSR count). The maximum atomic E-state index is 10.8. The summed E-state index contributed by atoms with van der Waals surface area (Å²) in [7, 11) is 0. The van der Waals surface area contributed by atoms with E-state index in [9.17, 15) is 10.1 Å². The van der Waals surface area contributed by atoms with Crippen molar-refractivity contribution in [2.24, 2.45) is 0 Å². The lowest BCUT2D eigenvalue weighted by Crippen LogP contribution is -1.98. The Morgan fingerprint density at radius 2 is 2.25 bits per heavy atom. The molecule has 0 aliphatic carbocycles. The number of nitrogens with zero attached hydrogens (tertiary/aromatic N) is 3. The third-order valence-corrected chi connectivity index (χ3v) is 2.20. The van der Waals surface area contributed by atoms with Gasteiger partial charge in [-0.25, -0.2) is 4.63 Å². The highest BCUT2D eigenvalue weighted by atomic mass is 16.6. The van der Waals surface area contributed by atoms with Crippen molar-refractivity contribution < 1.29 is 9.55 Å². The van der Waals surface area contributed by atoms with Crippen molar-refractivity contribution in [1.29, 1.82) is 0 Å². The number of hydrogen-bond donors (Lipinski definition) is 1. The number of benzene rings is 1. The van der Waals surface area contributed by atoms with Crippen LogP contribution in [0.25, 0.3) is 11.0 Å². The molecule has 16 heavy (non-hydrogen) atoms. The van der Waals surface area contributed by atoms with Gasteiger partial charge in [0.15, 0.2) is 0 Å². The van der Waals surface area contributed by atoms with Crippen LogP contribution in [0.1, 0.15) is 5.56 Å². The quantitative estimate of drug-likeness (QED) is 0.363. The van der Waals surface area contributed by atoms with Crippen LogP contribution >= 0.6 is 0 Å². The Hall–Kier alpha value is -2.44. The highest BCUT2D eigenvalue weighted by molar-refractivity contribution is 5.90. The first kappa shape index (κ1) is 10.1. The fraction of sp³-hybridized carbons (Fsp3) is 0.111. The first-order chi connectivity index (χ1) is 7.65. The molecule has 82 valence electrons. The van der Waals surface area contributed by atoms with Gasteiger partial charge in [-0.3, -0.25) is 10.1 Å². The minimum atomic E-state index is -0.569. The van der Waals surface area contributed by atoms with Crippen molar-refractivity contribution in [1.82, 2.24) is 10.3 Å². The smallest absolute Gasteiger partial charge is 0.302 e. The normalized spacial score (nSPS) is 10.5. The predicted molar refractivity (Wildman–Crippen MR) is 56.8 cm³/mol. The predicted octanol–water partition coefficient (Wildman–Crippen LogP) is 1.44. The molecule has 0 amide bonds. The van der Waals surface area contributed by atoms with Gasteiger partial charge in [0.25, 0.3) is 0 Å². The van der Waals surface area contributed by atoms with E-state index in [1.54, 1.807) is 6.08 Å². The lowest BCUT2D eigenvalue weighted by atomic mass is 10.1. The van der Waals surface area contributed by atoms with E-state index in [0.29, 0.717) is 17.5 Å². The summed E-state index contributed by atoms with van der Waals surface area (Å²) in [5.41, 5.74) is 6.84. The zero-order valence-electron chi connectivity index (χ0n) is 8.21. The molecule has 0 spiro atoms. The number of hydrogen-bond acceptors (Lipinski definition) is 6. The van der Waals surface area contributed by atoms with Crippen LogP contribution < -0.4 is 5.73 Å². The lowest BCUT2D eigenvalue weighted by Gasteiger charge is -2.02. The number of nitro benzene ring substituents is 1. The third kappa shape index (κ3) is 1.38. The van der Waals surface area contributed by atoms with Crippen molar-refractivity contribution in [3.05, 3.63) is 34.4 Å². The van der Waals surface area contributed by atoms with E-state index in [-0.39, 0.29) is 16.9 Å². The number of fused-ring (bicyclic) bond motifs is 1. The molecular formula is C9H8N4O3. The minimum absolute atomic E-state index is 0.107. The van der Waals surface area contributed by atoms with Gasteiger partial charge in [-0.2, -0.15) is 0 Å². The van der Waals surface area contributed by atoms with Gasteiger partial charge in [0, 0.05) is 17.3 Å². The second-order valence-electron chi connectivity index (χ2n) is 3.17. The Labute approximate surface area is 89.6 Å². The molecule has 7 heteroatoms. The van der Waals surface area contributed by atoms with Crippen LogP contribution in [-0.2, 0) is 6.42 Å². The Morgan fingerprint density at radius 1 is 1.56 bits per heavy atom. The maximum Gasteiger partial charge on any atom is 0.302 e. The van der Waals surface area contributed by atoms with Crippen LogP contribution in [-0.4, -0.2) is 15.2 Å². The van der Waals surface area contributed by atoms with Crippen LogP contribution in [0.3, 0.4) is 0 Å². The number of rotatable bonds is 3. The number of aromatic nitrogens is 2. The fourth-order valence-electron chi connectivity index (χ4n) is 1.49. The van der Waals surface area contributed by atoms with Crippen molar-refractivity contribution in [2.45, 2.75) is 6.42 Å². The van der Waals surface area contributed by atoms with E-state index in [1.807, 2.05) is 0 Å². The molecule has 1 aromatic heterocycles. The second kappa shape index (κ2) is 3.61. The number of allylic oxidation sites excluding steroid dienone is 1. The lowest BCUT2D eigenvalue weighted by molar-refractivity contribution is -0.383. The zero-order valence-corrected chi connectivity index (χ0v) is 8.21. The molecule has 0 unspecified atom stereocenters. The Balaban J connectivity index is 2.80. The zero-order chi connectivity index (χ0) is 11.7. The van der Waals surface area contributed by atoms with Crippen LogP contribution in [0.5, 0.6) is 0 Å². The summed E-state index contributed by atoms with van der Waals surface area (Å²) in [5, 5.41) is 17.9. The van der Waals surface area contributed by atoms with Gasteiger partial charge in [-0.1, -0.05) is 6.08 Å². The second-order valence-corrected chi connectivity index (χ2v) is 3.17. The number of anilines is 1. The summed E-state index contributed by atoms with van der Waals surface area (Å²) in [4.78, 5) is 10.2. The van der Waals surface area contributed by atoms with Crippen LogP contribution in [0, 0.1) is 10.1 Å². The van der Waals surface area contributed by atoms with Crippen molar-refractivity contribution in [3.8, 4) is 0 Å². The third-order valence-electron chi connectivity index (χ3n) is 2.20. The molecule has 7 nitrogen and oxygen atoms in total. The molecule has 0 aliphatic rings. The molecule has 2 aromatic rings. The first-order valence-corrected chi connectivity index (χ1v) is 4.44. The minimum Gasteiger partial charge on any atom is -0.398 e. The molecule has 0 atom stereocenters. The summed E-state index contributed by atoms with van der Waals surface area (Å²) < 4.78 is 4.50. The van der Waals surface area contributed by atoms with E-state index in [2.05, 4.69) is 21.5 Å². The van der Waals surface area contributed by atoms with E-state index in [4.69, 9.17) is 5.73 Å². The number of nitrogen functional groups attached to an aromatic ring is 1. The average Bonchev–Trinajstić information content (AvgIpc) is 2.70. The molecule has 0 saturated carbocycles. The Bertz CT molecular complexity index is 575. The van der Waals surface area contributed by atoms with Gasteiger partial charge in [0.1, 0.15) is 5.52 Å². The summed E-state index contributed by atoms with van der Waals surface area (Å²) >= 11 is 0. The van der Waals surface area contributed by atoms with Gasteiger partial charge < -0.3 is 5.73 Å². The van der Waals surface area contributed by atoms with Crippen molar-refractivity contribution >= 4 is 22.4 Å². The Morgan fingerprint density at radius 3 is 2.88 bits per heavy atom. The largest absolute Gasteiger partial charge is 0.398 e. The van der Waals surface area contributed by atoms with Crippen LogP contribution in [0.2, 0.25) is 0 Å². The molecule has 0 saturated heterocycles. The summed E-state index contributed by atoms with van der Waals surface area (Å²) in [6, 6.07) is 1.26. The van der Waals surface area contributed by atoms with Crippen molar-refractivity contribution in [2.75, 3.05) is 5.73 Å². The van der Waals surface area contributed by atoms with Crippen molar-refractivity contribution in [3.63, 3.8) is 0 Å². The standard InChI is InChI=1S/C9H8N4O3/c1-2-3-5-6(10)4-7(13(14)15)9-8(5)11-16-12-9/h2,4H,1,3,10H2. The van der Waals surface area contributed by atoms with Gasteiger partial charge in [0.05, 0.1) is 4.92 Å². The highest BCUT2D eigenvalue weighted by Crippen LogP contribution is 2.30.